The number of ether oxygens (including phenoxy) is 2. The van der Waals surface area contributed by atoms with E-state index in [1.807, 2.05) is 54.6 Å². The maximum absolute atomic E-state index is 13.2. The Hall–Kier alpha value is -3.11. The number of rotatable bonds is 5. The first-order valence-corrected chi connectivity index (χ1v) is 8.86. The fraction of sp³-hybridized carbons (Fsp3) is 0.174. The van der Waals surface area contributed by atoms with Gasteiger partial charge < -0.3 is 15.2 Å². The van der Waals surface area contributed by atoms with E-state index >= 15 is 0 Å². The lowest BCUT2D eigenvalue weighted by Gasteiger charge is -2.18. The van der Waals surface area contributed by atoms with Crippen LogP contribution in [0.5, 0.6) is 11.5 Å². The van der Waals surface area contributed by atoms with Gasteiger partial charge in [-0.3, -0.25) is 4.79 Å². The Morgan fingerprint density at radius 1 is 1.00 bits per heavy atom. The number of fused-ring (bicyclic) bond motifs is 3. The Morgan fingerprint density at radius 3 is 2.41 bits per heavy atom. The van der Waals surface area contributed by atoms with Crippen molar-refractivity contribution in [3.63, 3.8) is 0 Å². The van der Waals surface area contributed by atoms with Gasteiger partial charge >= 0.3 is 0 Å². The molecule has 1 aliphatic rings. The average molecular weight is 359 g/mol. The number of ketones is 1. The van der Waals surface area contributed by atoms with Crippen LogP contribution in [-0.4, -0.2) is 20.0 Å². The highest BCUT2D eigenvalue weighted by atomic mass is 16.5. The second-order valence-electron chi connectivity index (χ2n) is 6.60. The van der Waals surface area contributed by atoms with E-state index < -0.39 is 0 Å². The van der Waals surface area contributed by atoms with Crippen LogP contribution in [0, 0.1) is 0 Å². The molecule has 0 saturated carbocycles. The molecule has 0 bridgehead atoms. The van der Waals surface area contributed by atoms with Crippen LogP contribution in [0.15, 0.2) is 60.7 Å². The summed E-state index contributed by atoms with van der Waals surface area (Å²) in [6.07, 6.45) is 0.311. The van der Waals surface area contributed by atoms with Crippen molar-refractivity contribution >= 4 is 5.78 Å². The average Bonchev–Trinajstić information content (AvgIpc) is 3.01. The van der Waals surface area contributed by atoms with E-state index in [0.717, 1.165) is 27.8 Å². The minimum atomic E-state index is -0.370. The summed E-state index contributed by atoms with van der Waals surface area (Å²) in [5, 5.41) is 0. The molecule has 4 rings (SSSR count). The molecule has 0 fully saturated rings. The number of hydrogen-bond donors (Lipinski definition) is 1. The molecule has 3 aromatic rings. The minimum absolute atomic E-state index is 0.0154. The van der Waals surface area contributed by atoms with Gasteiger partial charge in [-0.2, -0.15) is 0 Å². The van der Waals surface area contributed by atoms with E-state index in [9.17, 15) is 4.79 Å². The van der Waals surface area contributed by atoms with E-state index in [1.165, 1.54) is 0 Å². The lowest BCUT2D eigenvalue weighted by atomic mass is 9.92. The van der Waals surface area contributed by atoms with Gasteiger partial charge in [0.25, 0.3) is 0 Å². The Labute approximate surface area is 158 Å². The maximum Gasteiger partial charge on any atom is 0.168 e. The molecule has 1 atom stereocenters. The van der Waals surface area contributed by atoms with Crippen LogP contribution in [0.3, 0.4) is 0 Å². The molecule has 0 amide bonds. The number of benzene rings is 3. The second kappa shape index (κ2) is 6.89. The van der Waals surface area contributed by atoms with Crippen molar-refractivity contribution in [2.45, 2.75) is 12.5 Å². The molecule has 4 heteroatoms. The third kappa shape index (κ3) is 2.78. The van der Waals surface area contributed by atoms with Crippen molar-refractivity contribution in [3.8, 4) is 22.6 Å². The third-order valence-electron chi connectivity index (χ3n) is 5.09. The molecule has 0 aliphatic heterocycles. The summed E-state index contributed by atoms with van der Waals surface area (Å²) in [5.41, 5.74) is 11.8. The zero-order valence-corrected chi connectivity index (χ0v) is 15.4. The van der Waals surface area contributed by atoms with E-state index in [-0.39, 0.29) is 11.8 Å². The van der Waals surface area contributed by atoms with Gasteiger partial charge in [-0.1, -0.05) is 54.6 Å². The predicted molar refractivity (Wildman–Crippen MR) is 105 cm³/mol. The molecule has 1 unspecified atom stereocenters. The third-order valence-corrected chi connectivity index (χ3v) is 5.09. The molecule has 0 spiro atoms. The monoisotopic (exact) mass is 359 g/mol. The summed E-state index contributed by atoms with van der Waals surface area (Å²) >= 11 is 0. The van der Waals surface area contributed by atoms with Crippen molar-refractivity contribution in [2.24, 2.45) is 5.73 Å². The largest absolute Gasteiger partial charge is 0.493 e. The molecule has 0 saturated heterocycles. The van der Waals surface area contributed by atoms with Crippen molar-refractivity contribution in [2.75, 3.05) is 14.2 Å². The van der Waals surface area contributed by atoms with Crippen molar-refractivity contribution in [1.29, 1.82) is 0 Å². The summed E-state index contributed by atoms with van der Waals surface area (Å²) in [6.45, 7) is 0. The standard InChI is InChI=1S/C23H21NO3/c1-26-19-13-17(18(25)12-14-8-4-3-5-9-14)20-21(23(19)27-2)15-10-6-7-11-16(15)22(20)24/h3-11,13,22H,12,24H2,1-2H3. The lowest BCUT2D eigenvalue weighted by Crippen LogP contribution is -2.15. The van der Waals surface area contributed by atoms with Crippen LogP contribution in [-0.2, 0) is 6.42 Å². The van der Waals surface area contributed by atoms with Gasteiger partial charge in [-0.15, -0.1) is 0 Å². The number of carbonyl (C=O) groups excluding carboxylic acids is 1. The van der Waals surface area contributed by atoms with Crippen LogP contribution in [0.1, 0.15) is 33.1 Å². The molecular weight excluding hydrogens is 338 g/mol. The van der Waals surface area contributed by atoms with Crippen LogP contribution < -0.4 is 15.2 Å². The Bertz CT molecular complexity index is 1010. The number of carbonyl (C=O) groups is 1. The number of Topliss-reactive ketones (excluding diaryl/α,β-unsaturated/α-hetero) is 1. The first-order chi connectivity index (χ1) is 13.2. The number of hydrogen-bond acceptors (Lipinski definition) is 4. The smallest absolute Gasteiger partial charge is 0.168 e. The normalized spacial score (nSPS) is 14.4. The number of nitrogens with two attached hydrogens (primary N) is 1. The predicted octanol–water partition coefficient (Wildman–Crippen LogP) is 4.16. The van der Waals surface area contributed by atoms with Crippen molar-refractivity contribution in [3.05, 3.63) is 82.9 Å². The van der Waals surface area contributed by atoms with E-state index in [2.05, 4.69) is 0 Å². The molecule has 3 aromatic carbocycles. The van der Waals surface area contributed by atoms with E-state index in [0.29, 0.717) is 23.5 Å². The zero-order valence-electron chi connectivity index (χ0n) is 15.4. The van der Waals surface area contributed by atoms with Crippen LogP contribution >= 0.6 is 0 Å². The molecule has 0 radical (unpaired) electrons. The summed E-state index contributed by atoms with van der Waals surface area (Å²) in [6, 6.07) is 19.0. The van der Waals surface area contributed by atoms with Crippen LogP contribution in [0.2, 0.25) is 0 Å². The fourth-order valence-corrected chi connectivity index (χ4v) is 3.86. The molecule has 1 aliphatic carbocycles. The Kier molecular flexibility index (Phi) is 4.42. The molecule has 2 N–H and O–H groups in total. The van der Waals surface area contributed by atoms with E-state index in [4.69, 9.17) is 15.2 Å². The van der Waals surface area contributed by atoms with Gasteiger partial charge in [0.2, 0.25) is 0 Å². The van der Waals surface area contributed by atoms with Gasteiger partial charge in [0.15, 0.2) is 17.3 Å². The summed E-state index contributed by atoms with van der Waals surface area (Å²) < 4.78 is 11.2. The van der Waals surface area contributed by atoms with Gasteiger partial charge in [-0.25, -0.2) is 0 Å². The number of methoxy groups -OCH3 is 2. The molecule has 136 valence electrons. The van der Waals surface area contributed by atoms with Crippen LogP contribution in [0.4, 0.5) is 0 Å². The minimum Gasteiger partial charge on any atom is -0.493 e. The molecule has 27 heavy (non-hydrogen) atoms. The lowest BCUT2D eigenvalue weighted by molar-refractivity contribution is 0.0991. The highest BCUT2D eigenvalue weighted by Gasteiger charge is 2.34. The van der Waals surface area contributed by atoms with Gasteiger partial charge in [0.05, 0.1) is 20.3 Å². The first-order valence-electron chi connectivity index (χ1n) is 8.86. The maximum atomic E-state index is 13.2. The molecule has 4 nitrogen and oxygen atoms in total. The van der Waals surface area contributed by atoms with Gasteiger partial charge in [0, 0.05) is 17.5 Å². The fourth-order valence-electron chi connectivity index (χ4n) is 3.86. The first kappa shape index (κ1) is 17.3. The Morgan fingerprint density at radius 2 is 1.70 bits per heavy atom. The quantitative estimate of drug-likeness (QED) is 0.695. The van der Waals surface area contributed by atoms with E-state index in [1.54, 1.807) is 20.3 Å². The Balaban J connectivity index is 1.91. The molecular formula is C23H21NO3. The topological polar surface area (TPSA) is 61.5 Å². The van der Waals surface area contributed by atoms with Crippen LogP contribution in [0.25, 0.3) is 11.1 Å². The molecule has 0 heterocycles. The highest BCUT2D eigenvalue weighted by Crippen LogP contribution is 2.52. The van der Waals surface area contributed by atoms with Gasteiger partial charge in [0.1, 0.15) is 0 Å². The zero-order chi connectivity index (χ0) is 19.0. The molecule has 0 aromatic heterocycles. The van der Waals surface area contributed by atoms with Crippen molar-refractivity contribution < 1.29 is 14.3 Å². The summed E-state index contributed by atoms with van der Waals surface area (Å²) in [4.78, 5) is 13.2. The SMILES string of the molecule is COc1cc(C(=O)Cc2ccccc2)c2c(c1OC)-c1ccccc1C2N. The summed E-state index contributed by atoms with van der Waals surface area (Å²) in [7, 11) is 3.19. The second-order valence-corrected chi connectivity index (χ2v) is 6.60. The van der Waals surface area contributed by atoms with Gasteiger partial charge in [-0.05, 0) is 28.3 Å². The highest BCUT2D eigenvalue weighted by molar-refractivity contribution is 6.04. The van der Waals surface area contributed by atoms with Crippen molar-refractivity contribution in [1.82, 2.24) is 0 Å². The summed E-state index contributed by atoms with van der Waals surface area (Å²) in [5.74, 6) is 1.17.